The Bertz CT molecular complexity index is 603. The van der Waals surface area contributed by atoms with Gasteiger partial charge in [0.05, 0.1) is 38.6 Å². The smallest absolute Gasteiger partial charge is 0.322 e. The molecule has 0 aromatic heterocycles. The second-order valence-corrected chi connectivity index (χ2v) is 9.47. The normalized spacial score (nSPS) is 13.0. The molecule has 284 valence electrons. The van der Waals surface area contributed by atoms with Gasteiger partial charge in [0.2, 0.25) is 0 Å². The number of hydrogen-bond donors (Lipinski definition) is 16. The summed E-state index contributed by atoms with van der Waals surface area (Å²) < 4.78 is 0. The van der Waals surface area contributed by atoms with Crippen LogP contribution in [-0.2, 0) is 19.2 Å². The number of nitrogens with two attached hydrogens (primary N) is 4. The molecule has 46 heavy (non-hydrogen) atoms. The number of rotatable bonds is 12. The van der Waals surface area contributed by atoms with Gasteiger partial charge in [-0.15, -0.1) is 0 Å². The highest BCUT2D eigenvalue weighted by molar-refractivity contribution is 5.74. The van der Waals surface area contributed by atoms with Crippen molar-refractivity contribution in [3.63, 3.8) is 0 Å². The lowest BCUT2D eigenvalue weighted by atomic mass is 10.1. The van der Waals surface area contributed by atoms with Crippen LogP contribution < -0.4 is 22.9 Å². The van der Waals surface area contributed by atoms with E-state index >= 15 is 0 Å². The minimum Gasteiger partial charge on any atom is -0.480 e. The SMILES string of the molecule is CC(C)C[C@H](N)C(=O)O.CC(C)C[C@H](N)C(=O)O.CC(O)CO.CC(O)CO.CO.CO.N[C@@H](CO)C(=O)O.N[C@@H](CO)C(=O)O. The maximum atomic E-state index is 10.1. The van der Waals surface area contributed by atoms with Gasteiger partial charge in [-0.05, 0) is 38.5 Å². The molecular weight excluding hydrogens is 624 g/mol. The molecule has 0 radical (unpaired) electrons. The molecule has 0 bridgehead atoms. The number of aliphatic hydroxyl groups is 8. The van der Waals surface area contributed by atoms with Gasteiger partial charge < -0.3 is 84.2 Å². The second kappa shape index (κ2) is 46.8. The van der Waals surface area contributed by atoms with Gasteiger partial charge in [-0.3, -0.25) is 19.2 Å². The van der Waals surface area contributed by atoms with Crippen molar-refractivity contribution in [1.82, 2.24) is 0 Å². The highest BCUT2D eigenvalue weighted by Gasteiger charge is 2.12. The summed E-state index contributed by atoms with van der Waals surface area (Å²) >= 11 is 0. The maximum Gasteiger partial charge on any atom is 0.322 e. The Kier molecular flexibility index (Phi) is 63.4. The summed E-state index contributed by atoms with van der Waals surface area (Å²) in [4.78, 5) is 39.5. The summed E-state index contributed by atoms with van der Waals surface area (Å²) in [5, 5.41) is 94.4. The van der Waals surface area contributed by atoms with E-state index in [0.29, 0.717) is 24.7 Å². The molecule has 20 nitrogen and oxygen atoms in total. The van der Waals surface area contributed by atoms with E-state index in [1.807, 2.05) is 27.7 Å². The number of aliphatic carboxylic acids is 4. The third kappa shape index (κ3) is 78.2. The van der Waals surface area contributed by atoms with Crippen LogP contribution in [0.3, 0.4) is 0 Å². The van der Waals surface area contributed by atoms with Gasteiger partial charge in [0, 0.05) is 14.2 Å². The molecule has 20 heteroatoms. The molecule has 0 saturated carbocycles. The first-order valence-corrected chi connectivity index (χ1v) is 13.6. The van der Waals surface area contributed by atoms with Crippen LogP contribution in [-0.4, -0.2) is 162 Å². The van der Waals surface area contributed by atoms with Crippen LogP contribution in [0.1, 0.15) is 54.4 Å². The molecule has 0 saturated heterocycles. The predicted octanol–water partition coefficient (Wildman–Crippen LogP) is -4.39. The Labute approximate surface area is 270 Å². The van der Waals surface area contributed by atoms with Crippen LogP contribution in [0.25, 0.3) is 0 Å². The molecule has 6 atom stereocenters. The molecule has 0 aliphatic heterocycles. The van der Waals surface area contributed by atoms with Crippen molar-refractivity contribution in [3.8, 4) is 0 Å². The zero-order chi connectivity index (χ0) is 39.2. The lowest BCUT2D eigenvalue weighted by molar-refractivity contribution is -0.140. The van der Waals surface area contributed by atoms with E-state index in [4.69, 9.17) is 84.2 Å². The van der Waals surface area contributed by atoms with Gasteiger partial charge in [-0.1, -0.05) is 27.7 Å². The van der Waals surface area contributed by atoms with Crippen molar-refractivity contribution in [2.24, 2.45) is 34.8 Å². The summed E-state index contributed by atoms with van der Waals surface area (Å²) in [7, 11) is 2.00. The third-order valence-electron chi connectivity index (χ3n) is 3.64. The quantitative estimate of drug-likeness (QED) is 0.0919. The minimum atomic E-state index is -1.18. The summed E-state index contributed by atoms with van der Waals surface area (Å²) in [6.07, 6.45) is -0.0185. The first kappa shape index (κ1) is 62.3. The Morgan fingerprint density at radius 3 is 0.609 bits per heavy atom. The fraction of sp³-hybridized carbons (Fsp3) is 0.846. The first-order chi connectivity index (χ1) is 21.0. The zero-order valence-corrected chi connectivity index (χ0v) is 28.2. The molecule has 0 aliphatic rings. The van der Waals surface area contributed by atoms with Crippen molar-refractivity contribution < 1.29 is 80.5 Å². The number of aliphatic hydroxyl groups excluding tert-OH is 8. The van der Waals surface area contributed by atoms with E-state index in [1.54, 1.807) is 0 Å². The summed E-state index contributed by atoms with van der Waals surface area (Å²) in [5.74, 6) is -3.47. The fourth-order valence-corrected chi connectivity index (χ4v) is 1.37. The highest BCUT2D eigenvalue weighted by Crippen LogP contribution is 2.02. The third-order valence-corrected chi connectivity index (χ3v) is 3.64. The van der Waals surface area contributed by atoms with Crippen molar-refractivity contribution in [3.05, 3.63) is 0 Å². The number of carbonyl (C=O) groups is 4. The Hall–Kier alpha value is -2.60. The molecule has 0 rings (SSSR count). The zero-order valence-electron chi connectivity index (χ0n) is 28.2. The highest BCUT2D eigenvalue weighted by atomic mass is 16.4. The van der Waals surface area contributed by atoms with E-state index in [2.05, 4.69) is 0 Å². The number of carboxylic acids is 4. The molecule has 0 heterocycles. The predicted molar refractivity (Wildman–Crippen MR) is 169 cm³/mol. The Morgan fingerprint density at radius 1 is 0.435 bits per heavy atom. The van der Waals surface area contributed by atoms with Gasteiger partial charge in [-0.2, -0.15) is 0 Å². The molecule has 0 amide bonds. The Morgan fingerprint density at radius 2 is 0.587 bits per heavy atom. The molecule has 0 fully saturated rings. The average Bonchev–Trinajstić information content (AvgIpc) is 2.98. The average molecular weight is 689 g/mol. The molecule has 0 aromatic carbocycles. The van der Waals surface area contributed by atoms with Gasteiger partial charge in [0.1, 0.15) is 24.2 Å². The molecule has 0 aliphatic carbocycles. The van der Waals surface area contributed by atoms with Gasteiger partial charge in [0.15, 0.2) is 0 Å². The maximum absolute atomic E-state index is 10.1. The molecule has 20 N–H and O–H groups in total. The second-order valence-electron chi connectivity index (χ2n) is 9.47. The largest absolute Gasteiger partial charge is 0.480 e. The van der Waals surface area contributed by atoms with Crippen molar-refractivity contribution in [2.45, 2.75) is 90.8 Å². The summed E-state index contributed by atoms with van der Waals surface area (Å²) in [5.41, 5.74) is 20.0. The van der Waals surface area contributed by atoms with Crippen molar-refractivity contribution >= 4 is 23.9 Å². The van der Waals surface area contributed by atoms with Crippen LogP contribution in [0.4, 0.5) is 0 Å². The van der Waals surface area contributed by atoms with Crippen LogP contribution in [0.15, 0.2) is 0 Å². The van der Waals surface area contributed by atoms with Crippen molar-refractivity contribution in [1.29, 1.82) is 0 Å². The van der Waals surface area contributed by atoms with E-state index < -0.39 is 73.5 Å². The standard InChI is InChI=1S/2C6H13NO2.2C3H7NO3.2C3H8O2.2CH4O/c2*1-4(2)3-5(7)6(8)9;2*4-2(1-5)3(6)7;2*1-3(5)2-4;2*1-2/h2*4-5H,3,7H2,1-2H3,(H,8,9);2*2,5H,1,4H2,(H,6,7);2*3-5H,2H2,1H3;2*2H,1H3/t2*5-;2*2-;;;;/m0000..../s1. The molecule has 2 unspecified atom stereocenters. The first-order valence-electron chi connectivity index (χ1n) is 13.6. The molecular formula is C26H64N4O16. The van der Waals surface area contributed by atoms with E-state index in [0.717, 1.165) is 14.2 Å². The lowest BCUT2D eigenvalue weighted by Crippen LogP contribution is -2.33. The van der Waals surface area contributed by atoms with Crippen LogP contribution in [0.2, 0.25) is 0 Å². The lowest BCUT2D eigenvalue weighted by Gasteiger charge is -2.07. The topological polar surface area (TPSA) is 415 Å². The number of hydrogen-bond acceptors (Lipinski definition) is 16. The molecule has 0 spiro atoms. The van der Waals surface area contributed by atoms with E-state index in [9.17, 15) is 19.2 Å². The van der Waals surface area contributed by atoms with Gasteiger partial charge in [0.25, 0.3) is 0 Å². The van der Waals surface area contributed by atoms with Crippen LogP contribution in [0.5, 0.6) is 0 Å². The van der Waals surface area contributed by atoms with E-state index in [-0.39, 0.29) is 13.2 Å². The summed E-state index contributed by atoms with van der Waals surface area (Å²) in [6.45, 7) is 9.56. The van der Waals surface area contributed by atoms with Gasteiger partial charge in [-0.25, -0.2) is 0 Å². The monoisotopic (exact) mass is 688 g/mol. The summed E-state index contributed by atoms with van der Waals surface area (Å²) in [6, 6.07) is -3.63. The minimum absolute atomic E-state index is 0.139. The van der Waals surface area contributed by atoms with E-state index in [1.165, 1.54) is 13.8 Å². The number of carboxylic acid groups (broad SMARTS) is 4. The van der Waals surface area contributed by atoms with Crippen LogP contribution in [0, 0.1) is 11.8 Å². The Balaban J connectivity index is -0.0000000621. The van der Waals surface area contributed by atoms with Gasteiger partial charge >= 0.3 is 23.9 Å². The van der Waals surface area contributed by atoms with Crippen molar-refractivity contribution in [2.75, 3.05) is 40.6 Å². The molecule has 0 aromatic rings. The van der Waals surface area contributed by atoms with Crippen LogP contribution >= 0.6 is 0 Å². The fourth-order valence-electron chi connectivity index (χ4n) is 1.37.